The smallest absolute Gasteiger partial charge is 0.309 e. The van der Waals surface area contributed by atoms with E-state index < -0.39 is 18.5 Å². The molecule has 0 amide bonds. The van der Waals surface area contributed by atoms with Crippen LogP contribution >= 0.6 is 0 Å². The van der Waals surface area contributed by atoms with E-state index in [0.717, 1.165) is 19.3 Å². The fraction of sp³-hybridized carbons (Fsp3) is 0.941. The van der Waals surface area contributed by atoms with Gasteiger partial charge in [-0.1, -0.05) is 0 Å². The van der Waals surface area contributed by atoms with Crippen molar-refractivity contribution in [1.29, 1.82) is 0 Å². The molecule has 23 heavy (non-hydrogen) atoms. The molecule has 0 spiro atoms. The fourth-order valence-corrected chi connectivity index (χ4v) is 2.99. The average molecular weight is 330 g/mol. The Labute approximate surface area is 138 Å². The number of hydrogen-bond acceptors (Lipinski definition) is 6. The van der Waals surface area contributed by atoms with E-state index in [2.05, 4.69) is 0 Å². The Morgan fingerprint density at radius 1 is 1.22 bits per heavy atom. The standard InChI is InChI=1S/C17H30O6/c1-9(2)21-16(20)13-7-12(13)6-5-10(3)22-17-15(19)8-14(18)11(4)23-17/h9-15,17-19H,5-8H2,1-4H3/t10-,11+,12+,13?,14?,15-,17?/m1/s1. The van der Waals surface area contributed by atoms with Crippen LogP contribution in [0.15, 0.2) is 0 Å². The highest BCUT2D eigenvalue weighted by Gasteiger charge is 2.44. The minimum absolute atomic E-state index is 0.0382. The summed E-state index contributed by atoms with van der Waals surface area (Å²) in [6.45, 7) is 7.43. The van der Waals surface area contributed by atoms with Gasteiger partial charge in [0.15, 0.2) is 6.29 Å². The van der Waals surface area contributed by atoms with Gasteiger partial charge in [0.1, 0.15) is 6.10 Å². The van der Waals surface area contributed by atoms with Crippen LogP contribution in [0.2, 0.25) is 0 Å². The summed E-state index contributed by atoms with van der Waals surface area (Å²) in [5.41, 5.74) is 0. The van der Waals surface area contributed by atoms with Crippen LogP contribution in [0.5, 0.6) is 0 Å². The highest BCUT2D eigenvalue weighted by atomic mass is 16.7. The lowest BCUT2D eigenvalue weighted by Gasteiger charge is -2.36. The van der Waals surface area contributed by atoms with E-state index in [1.165, 1.54) is 0 Å². The van der Waals surface area contributed by atoms with Gasteiger partial charge < -0.3 is 24.4 Å². The Hall–Kier alpha value is -0.690. The molecule has 0 bridgehead atoms. The number of aliphatic hydroxyl groups excluding tert-OH is 2. The van der Waals surface area contributed by atoms with E-state index >= 15 is 0 Å². The van der Waals surface area contributed by atoms with Crippen molar-refractivity contribution >= 4 is 5.97 Å². The molecule has 1 heterocycles. The molecule has 3 unspecified atom stereocenters. The van der Waals surface area contributed by atoms with Crippen molar-refractivity contribution < 1.29 is 29.2 Å². The molecule has 1 aliphatic carbocycles. The summed E-state index contributed by atoms with van der Waals surface area (Å²) in [6.07, 6.45) is 0.248. The Bertz CT molecular complexity index is 399. The second-order valence-electron chi connectivity index (χ2n) is 7.19. The van der Waals surface area contributed by atoms with Crippen LogP contribution in [-0.4, -0.2) is 53.0 Å². The van der Waals surface area contributed by atoms with Gasteiger partial charge in [0.2, 0.25) is 0 Å². The maximum absolute atomic E-state index is 11.8. The molecular formula is C17H30O6. The van der Waals surface area contributed by atoms with Crippen LogP contribution in [0.3, 0.4) is 0 Å². The maximum atomic E-state index is 11.8. The van der Waals surface area contributed by atoms with Gasteiger partial charge in [0.05, 0.1) is 30.3 Å². The minimum atomic E-state index is -0.807. The topological polar surface area (TPSA) is 85.2 Å². The molecule has 0 aromatic rings. The fourth-order valence-electron chi connectivity index (χ4n) is 2.99. The van der Waals surface area contributed by atoms with Crippen molar-refractivity contribution in [2.75, 3.05) is 0 Å². The number of carbonyl (C=O) groups excluding carboxylic acids is 1. The van der Waals surface area contributed by atoms with E-state index in [1.807, 2.05) is 20.8 Å². The first-order valence-electron chi connectivity index (χ1n) is 8.65. The van der Waals surface area contributed by atoms with Gasteiger partial charge in [-0.05, 0) is 52.9 Å². The Morgan fingerprint density at radius 3 is 2.57 bits per heavy atom. The zero-order valence-electron chi connectivity index (χ0n) is 14.5. The number of hydrogen-bond donors (Lipinski definition) is 2. The first kappa shape index (κ1) is 18.6. The van der Waals surface area contributed by atoms with Crippen LogP contribution in [0.25, 0.3) is 0 Å². The molecule has 6 nitrogen and oxygen atoms in total. The molecule has 2 fully saturated rings. The van der Waals surface area contributed by atoms with Gasteiger partial charge in [0, 0.05) is 6.42 Å². The first-order valence-corrected chi connectivity index (χ1v) is 8.65. The third-order valence-electron chi connectivity index (χ3n) is 4.58. The predicted molar refractivity (Wildman–Crippen MR) is 83.6 cm³/mol. The Balaban J connectivity index is 1.66. The van der Waals surface area contributed by atoms with Crippen molar-refractivity contribution in [3.05, 3.63) is 0 Å². The highest BCUT2D eigenvalue weighted by molar-refractivity contribution is 5.75. The molecule has 1 saturated heterocycles. The van der Waals surface area contributed by atoms with E-state index in [4.69, 9.17) is 14.2 Å². The third kappa shape index (κ3) is 5.41. The maximum Gasteiger partial charge on any atom is 0.309 e. The molecule has 1 saturated carbocycles. The van der Waals surface area contributed by atoms with Gasteiger partial charge in [-0.15, -0.1) is 0 Å². The van der Waals surface area contributed by atoms with Gasteiger partial charge in [0.25, 0.3) is 0 Å². The van der Waals surface area contributed by atoms with Crippen molar-refractivity contribution in [3.8, 4) is 0 Å². The average Bonchev–Trinajstić information content (AvgIpc) is 3.21. The van der Waals surface area contributed by atoms with Crippen LogP contribution in [0, 0.1) is 11.8 Å². The first-order chi connectivity index (χ1) is 10.8. The monoisotopic (exact) mass is 330 g/mol. The predicted octanol–water partition coefficient (Wildman–Crippen LogP) is 1.62. The molecule has 6 heteroatoms. The number of carbonyl (C=O) groups is 1. The van der Waals surface area contributed by atoms with Crippen LogP contribution in [0.4, 0.5) is 0 Å². The quantitative estimate of drug-likeness (QED) is 0.690. The summed E-state index contributed by atoms with van der Waals surface area (Å²) in [5, 5.41) is 19.6. The Morgan fingerprint density at radius 2 is 1.91 bits per heavy atom. The zero-order chi connectivity index (χ0) is 17.1. The van der Waals surface area contributed by atoms with Gasteiger partial charge in [-0.3, -0.25) is 4.79 Å². The lowest BCUT2D eigenvalue weighted by Crippen LogP contribution is -2.48. The van der Waals surface area contributed by atoms with Crippen LogP contribution in [-0.2, 0) is 19.0 Å². The summed E-state index contributed by atoms with van der Waals surface area (Å²) in [6, 6.07) is 0. The van der Waals surface area contributed by atoms with E-state index in [9.17, 15) is 15.0 Å². The molecule has 2 N–H and O–H groups in total. The molecule has 0 aromatic heterocycles. The van der Waals surface area contributed by atoms with Gasteiger partial charge in [-0.2, -0.15) is 0 Å². The second-order valence-corrected chi connectivity index (χ2v) is 7.19. The van der Waals surface area contributed by atoms with Crippen molar-refractivity contribution in [2.24, 2.45) is 11.8 Å². The van der Waals surface area contributed by atoms with E-state index in [0.29, 0.717) is 5.92 Å². The van der Waals surface area contributed by atoms with Crippen LogP contribution < -0.4 is 0 Å². The zero-order valence-corrected chi connectivity index (χ0v) is 14.5. The molecule has 2 rings (SSSR count). The minimum Gasteiger partial charge on any atom is -0.463 e. The molecule has 0 aromatic carbocycles. The largest absolute Gasteiger partial charge is 0.463 e. The number of aliphatic hydroxyl groups is 2. The second kappa shape index (κ2) is 7.92. The number of ether oxygens (including phenoxy) is 3. The van der Waals surface area contributed by atoms with E-state index in [-0.39, 0.29) is 36.6 Å². The lowest BCUT2D eigenvalue weighted by molar-refractivity contribution is -0.273. The molecule has 134 valence electrons. The van der Waals surface area contributed by atoms with Crippen LogP contribution in [0.1, 0.15) is 53.4 Å². The van der Waals surface area contributed by atoms with Crippen molar-refractivity contribution in [1.82, 2.24) is 0 Å². The summed E-state index contributed by atoms with van der Waals surface area (Å²) >= 11 is 0. The molecule has 7 atom stereocenters. The van der Waals surface area contributed by atoms with Gasteiger partial charge >= 0.3 is 5.97 Å². The molecular weight excluding hydrogens is 300 g/mol. The van der Waals surface area contributed by atoms with Crippen molar-refractivity contribution in [2.45, 2.75) is 90.2 Å². The summed E-state index contributed by atoms with van der Waals surface area (Å²) in [7, 11) is 0. The SMILES string of the molecule is CC(C)OC(=O)C1C[C@@H]1CC[C@@H](C)OC1O[C@@H](C)C(O)C[C@H]1O. The lowest BCUT2D eigenvalue weighted by atomic mass is 10.0. The normalized spacial score (nSPS) is 38.4. The van der Waals surface area contributed by atoms with E-state index in [1.54, 1.807) is 6.92 Å². The number of rotatable bonds is 7. The van der Waals surface area contributed by atoms with Crippen molar-refractivity contribution in [3.63, 3.8) is 0 Å². The number of esters is 1. The third-order valence-corrected chi connectivity index (χ3v) is 4.58. The van der Waals surface area contributed by atoms with Gasteiger partial charge in [-0.25, -0.2) is 0 Å². The molecule has 2 aliphatic rings. The Kier molecular flexibility index (Phi) is 6.42. The summed E-state index contributed by atoms with van der Waals surface area (Å²) in [4.78, 5) is 11.8. The molecule has 1 aliphatic heterocycles. The highest BCUT2D eigenvalue weighted by Crippen LogP contribution is 2.43. The summed E-state index contributed by atoms with van der Waals surface area (Å²) in [5.74, 6) is 0.328. The summed E-state index contributed by atoms with van der Waals surface area (Å²) < 4.78 is 16.5. The molecule has 0 radical (unpaired) electrons.